The van der Waals surface area contributed by atoms with Gasteiger partial charge in [-0.15, -0.1) is 11.3 Å². The van der Waals surface area contributed by atoms with Crippen molar-refractivity contribution in [3.8, 4) is 0 Å². The molecule has 3 rings (SSSR count). The van der Waals surface area contributed by atoms with Crippen molar-refractivity contribution in [1.29, 1.82) is 0 Å². The fourth-order valence-electron chi connectivity index (χ4n) is 2.39. The molecule has 0 fully saturated rings. The van der Waals surface area contributed by atoms with Gasteiger partial charge in [-0.3, -0.25) is 9.59 Å². The number of esters is 1. The van der Waals surface area contributed by atoms with Crippen LogP contribution in [0.3, 0.4) is 0 Å². The third kappa shape index (κ3) is 5.13. The van der Waals surface area contributed by atoms with Crippen LogP contribution in [0.5, 0.6) is 0 Å². The average Bonchev–Trinajstić information content (AvgIpc) is 3.22. The molecule has 0 saturated carbocycles. The second-order valence-electron chi connectivity index (χ2n) is 5.81. The molecule has 7 nitrogen and oxygen atoms in total. The summed E-state index contributed by atoms with van der Waals surface area (Å²) in [4.78, 5) is 27.9. The topological polar surface area (TPSA) is 94.3 Å². The van der Waals surface area contributed by atoms with Crippen LogP contribution in [0.1, 0.15) is 30.0 Å². The Labute approximate surface area is 154 Å². The van der Waals surface area contributed by atoms with Crippen molar-refractivity contribution in [3.63, 3.8) is 0 Å². The fourth-order valence-corrected chi connectivity index (χ4v) is 3.40. The molecule has 136 valence electrons. The summed E-state index contributed by atoms with van der Waals surface area (Å²) >= 11 is 1.68. The van der Waals surface area contributed by atoms with E-state index in [-0.39, 0.29) is 19.0 Å². The highest BCUT2D eigenvalue weighted by Crippen LogP contribution is 2.22. The first-order valence-corrected chi connectivity index (χ1v) is 9.15. The molecule has 0 bridgehead atoms. The number of nitrogens with zero attached hydrogens (tertiary/aromatic N) is 2. The van der Waals surface area contributed by atoms with Gasteiger partial charge in [-0.1, -0.05) is 17.3 Å². The quantitative estimate of drug-likeness (QED) is 0.480. The number of anilines is 1. The van der Waals surface area contributed by atoms with Gasteiger partial charge >= 0.3 is 5.97 Å². The third-order valence-electron chi connectivity index (χ3n) is 3.62. The number of aryl methyl sites for hydroxylation is 2. The smallest absolute Gasteiger partial charge is 0.306 e. The second kappa shape index (κ2) is 8.57. The Morgan fingerprint density at radius 2 is 2.12 bits per heavy atom. The monoisotopic (exact) mass is 373 g/mol. The molecule has 0 saturated heterocycles. The molecule has 1 amide bonds. The van der Waals surface area contributed by atoms with Crippen LogP contribution < -0.4 is 5.32 Å². The minimum Gasteiger partial charge on any atom is -0.456 e. The Morgan fingerprint density at radius 3 is 2.88 bits per heavy atom. The summed E-state index contributed by atoms with van der Waals surface area (Å²) in [6.07, 6.45) is 2.65. The van der Waals surface area contributed by atoms with Crippen LogP contribution in [0.2, 0.25) is 0 Å². The van der Waals surface area contributed by atoms with E-state index in [9.17, 15) is 9.59 Å². The van der Waals surface area contributed by atoms with Crippen LogP contribution in [-0.4, -0.2) is 28.6 Å². The van der Waals surface area contributed by atoms with Gasteiger partial charge in [0, 0.05) is 12.5 Å². The number of thiazole rings is 1. The van der Waals surface area contributed by atoms with Gasteiger partial charge in [0.2, 0.25) is 0 Å². The van der Waals surface area contributed by atoms with Crippen LogP contribution in [0, 0.1) is 6.92 Å². The van der Waals surface area contributed by atoms with Gasteiger partial charge in [0.1, 0.15) is 5.76 Å². The van der Waals surface area contributed by atoms with E-state index in [0.29, 0.717) is 18.0 Å². The molecule has 0 spiro atoms. The number of amides is 1. The molecule has 3 aromatic rings. The van der Waals surface area contributed by atoms with Gasteiger partial charge in [-0.05, 0) is 38.3 Å². The van der Waals surface area contributed by atoms with Crippen LogP contribution >= 0.6 is 11.3 Å². The van der Waals surface area contributed by atoms with Gasteiger partial charge < -0.3 is 14.6 Å². The predicted octanol–water partition coefficient (Wildman–Crippen LogP) is 3.49. The molecule has 0 atom stereocenters. The number of benzene rings is 1. The van der Waals surface area contributed by atoms with Crippen molar-refractivity contribution in [2.75, 3.05) is 11.9 Å². The number of carbonyl (C=O) groups is 2. The van der Waals surface area contributed by atoms with Crippen LogP contribution in [0.25, 0.3) is 10.2 Å². The Kier molecular flexibility index (Phi) is 5.96. The number of carbonyl (C=O) groups excluding carboxylic acids is 2. The van der Waals surface area contributed by atoms with Crippen LogP contribution in [0.4, 0.5) is 5.82 Å². The van der Waals surface area contributed by atoms with Crippen molar-refractivity contribution in [1.82, 2.24) is 10.1 Å². The number of rotatable bonds is 8. The van der Waals surface area contributed by atoms with Crippen molar-refractivity contribution in [2.24, 2.45) is 0 Å². The number of unbranched alkanes of at least 4 members (excludes halogenated alkanes) is 1. The van der Waals surface area contributed by atoms with Gasteiger partial charge in [0.25, 0.3) is 5.91 Å². The minimum absolute atomic E-state index is 0.279. The standard InChI is InChI=1S/C18H19N3O4S/c1-12-10-15(21-25-12)20-16(22)11-24-18(23)9-5-4-8-17-19-13-6-2-3-7-14(13)26-17/h2-3,6-7,10H,4-5,8-9,11H2,1H3,(H,20,21,22). The molecule has 2 heterocycles. The Bertz CT molecular complexity index is 870. The van der Waals surface area contributed by atoms with E-state index >= 15 is 0 Å². The first-order chi connectivity index (χ1) is 12.6. The van der Waals surface area contributed by atoms with Crippen molar-refractivity contribution in [3.05, 3.63) is 41.1 Å². The van der Waals surface area contributed by atoms with Crippen molar-refractivity contribution < 1.29 is 18.8 Å². The SMILES string of the molecule is Cc1cc(NC(=O)COC(=O)CCCCc2nc3ccccc3s2)no1. The van der Waals surface area contributed by atoms with E-state index in [2.05, 4.69) is 21.5 Å². The zero-order valence-corrected chi connectivity index (χ0v) is 15.2. The maximum Gasteiger partial charge on any atom is 0.306 e. The first-order valence-electron chi connectivity index (χ1n) is 8.33. The first kappa shape index (κ1) is 18.1. The summed E-state index contributed by atoms with van der Waals surface area (Å²) in [5.74, 6) is 0.0618. The van der Waals surface area contributed by atoms with E-state index in [0.717, 1.165) is 23.4 Å². The number of aromatic nitrogens is 2. The summed E-state index contributed by atoms with van der Waals surface area (Å²) in [5, 5.41) is 7.20. The lowest BCUT2D eigenvalue weighted by molar-refractivity contribution is -0.147. The lowest BCUT2D eigenvalue weighted by atomic mass is 10.2. The molecular weight excluding hydrogens is 354 g/mol. The maximum atomic E-state index is 11.7. The Balaban J connectivity index is 1.32. The highest BCUT2D eigenvalue weighted by atomic mass is 32.1. The lowest BCUT2D eigenvalue weighted by Crippen LogP contribution is -2.20. The molecule has 26 heavy (non-hydrogen) atoms. The van der Waals surface area contributed by atoms with Crippen LogP contribution in [0.15, 0.2) is 34.9 Å². The molecule has 1 aromatic carbocycles. The van der Waals surface area contributed by atoms with Crippen molar-refractivity contribution >= 4 is 39.2 Å². The molecule has 0 aliphatic carbocycles. The normalized spacial score (nSPS) is 10.8. The minimum atomic E-state index is -0.443. The number of hydrogen-bond donors (Lipinski definition) is 1. The predicted molar refractivity (Wildman–Crippen MR) is 98.0 cm³/mol. The molecule has 2 aromatic heterocycles. The largest absolute Gasteiger partial charge is 0.456 e. The lowest BCUT2D eigenvalue weighted by Gasteiger charge is -2.04. The summed E-state index contributed by atoms with van der Waals surface area (Å²) in [7, 11) is 0. The molecule has 8 heteroatoms. The molecule has 0 aliphatic heterocycles. The molecule has 1 N–H and O–H groups in total. The Hall–Kier alpha value is -2.74. The highest BCUT2D eigenvalue weighted by Gasteiger charge is 2.10. The van der Waals surface area contributed by atoms with E-state index in [1.807, 2.05) is 18.2 Å². The average molecular weight is 373 g/mol. The summed E-state index contributed by atoms with van der Waals surface area (Å²) in [6.45, 7) is 1.39. The Morgan fingerprint density at radius 1 is 1.27 bits per heavy atom. The molecule has 0 unspecified atom stereocenters. The fraction of sp³-hybridized carbons (Fsp3) is 0.333. The number of fused-ring (bicyclic) bond motifs is 1. The van der Waals surface area contributed by atoms with E-state index in [1.165, 1.54) is 4.70 Å². The van der Waals surface area contributed by atoms with E-state index < -0.39 is 5.91 Å². The summed E-state index contributed by atoms with van der Waals surface area (Å²) in [5.41, 5.74) is 1.01. The number of hydrogen-bond acceptors (Lipinski definition) is 7. The van der Waals surface area contributed by atoms with Crippen molar-refractivity contribution in [2.45, 2.75) is 32.6 Å². The summed E-state index contributed by atoms with van der Waals surface area (Å²) in [6, 6.07) is 9.61. The molecule has 0 radical (unpaired) electrons. The van der Waals surface area contributed by atoms with Gasteiger partial charge in [0.05, 0.1) is 15.2 Å². The number of nitrogens with one attached hydrogen (secondary N) is 1. The van der Waals surface area contributed by atoms with E-state index in [4.69, 9.17) is 9.26 Å². The molecule has 0 aliphatic rings. The van der Waals surface area contributed by atoms with Gasteiger partial charge in [0.15, 0.2) is 12.4 Å². The van der Waals surface area contributed by atoms with Gasteiger partial charge in [-0.25, -0.2) is 4.98 Å². The van der Waals surface area contributed by atoms with Crippen LogP contribution in [-0.2, 0) is 20.7 Å². The maximum absolute atomic E-state index is 11.7. The number of ether oxygens (including phenoxy) is 1. The second-order valence-corrected chi connectivity index (χ2v) is 6.93. The zero-order valence-electron chi connectivity index (χ0n) is 14.4. The molecular formula is C18H19N3O4S. The van der Waals surface area contributed by atoms with Gasteiger partial charge in [-0.2, -0.15) is 0 Å². The van der Waals surface area contributed by atoms with E-state index in [1.54, 1.807) is 24.3 Å². The third-order valence-corrected chi connectivity index (χ3v) is 4.72. The number of para-hydroxylation sites is 1. The summed E-state index contributed by atoms with van der Waals surface area (Å²) < 4.78 is 11.0. The highest BCUT2D eigenvalue weighted by molar-refractivity contribution is 7.18. The zero-order chi connectivity index (χ0) is 18.4.